The Kier molecular flexibility index (Phi) is 5.25. The van der Waals surface area contributed by atoms with Crippen molar-refractivity contribution < 1.29 is 19.1 Å². The molecule has 1 aliphatic heterocycles. The summed E-state index contributed by atoms with van der Waals surface area (Å²) in [4.78, 5) is 25.6. The lowest BCUT2D eigenvalue weighted by molar-refractivity contribution is -0.144. The van der Waals surface area contributed by atoms with Gasteiger partial charge in [-0.3, -0.25) is 9.59 Å². The monoisotopic (exact) mass is 324 g/mol. The Morgan fingerprint density at radius 2 is 2.04 bits per heavy atom. The highest BCUT2D eigenvalue weighted by atomic mass is 16.5. The second-order valence-electron chi connectivity index (χ2n) is 5.84. The first-order valence-electron chi connectivity index (χ1n) is 7.56. The van der Waals surface area contributed by atoms with Gasteiger partial charge >= 0.3 is 0 Å². The van der Waals surface area contributed by atoms with Crippen LogP contribution in [0, 0.1) is 6.92 Å². The topological polar surface area (TPSA) is 85.7 Å². The Balaban J connectivity index is 1.93. The molecule has 1 aliphatic rings. The molecule has 23 heavy (non-hydrogen) atoms. The van der Waals surface area contributed by atoms with E-state index in [0.717, 1.165) is 11.3 Å². The lowest BCUT2D eigenvalue weighted by Crippen LogP contribution is -2.38. The average molecular weight is 324 g/mol. The van der Waals surface area contributed by atoms with Crippen LogP contribution in [0.15, 0.2) is 0 Å². The Morgan fingerprint density at radius 3 is 2.65 bits per heavy atom. The summed E-state index contributed by atoms with van der Waals surface area (Å²) < 4.78 is 12.5. The molecule has 2 amide bonds. The molecule has 8 heteroatoms. The molecule has 1 fully saturated rings. The first-order valence-corrected chi connectivity index (χ1v) is 7.56. The van der Waals surface area contributed by atoms with Crippen LogP contribution in [0.1, 0.15) is 24.1 Å². The van der Waals surface area contributed by atoms with Crippen molar-refractivity contribution in [3.63, 3.8) is 0 Å². The molecule has 0 spiro atoms. The van der Waals surface area contributed by atoms with E-state index in [1.807, 2.05) is 6.92 Å². The van der Waals surface area contributed by atoms with Crippen molar-refractivity contribution in [3.8, 4) is 5.88 Å². The summed E-state index contributed by atoms with van der Waals surface area (Å²) in [5.41, 5.74) is 1.64. The molecule has 0 saturated carbocycles. The smallest absolute Gasteiger partial charge is 0.251 e. The van der Waals surface area contributed by atoms with Crippen molar-refractivity contribution in [1.82, 2.24) is 20.0 Å². The summed E-state index contributed by atoms with van der Waals surface area (Å²) in [5.74, 6) is 0.297. The molecule has 1 aromatic rings. The predicted molar refractivity (Wildman–Crippen MR) is 82.9 cm³/mol. The van der Waals surface area contributed by atoms with Gasteiger partial charge in [-0.25, -0.2) is 4.68 Å². The molecule has 0 aliphatic carbocycles. The lowest BCUT2D eigenvalue weighted by Gasteiger charge is -2.17. The van der Waals surface area contributed by atoms with Crippen LogP contribution in [0.4, 0.5) is 0 Å². The second kappa shape index (κ2) is 6.99. The Bertz CT molecular complexity index is 597. The number of nitrogens with zero attached hydrogens (tertiary/aromatic N) is 3. The van der Waals surface area contributed by atoms with Crippen molar-refractivity contribution in [2.24, 2.45) is 7.05 Å². The van der Waals surface area contributed by atoms with E-state index in [0.29, 0.717) is 25.3 Å². The maximum Gasteiger partial charge on any atom is 0.251 e. The summed E-state index contributed by atoms with van der Waals surface area (Å²) in [6, 6.07) is 0. The molecule has 8 nitrogen and oxygen atoms in total. The van der Waals surface area contributed by atoms with E-state index < -0.39 is 12.2 Å². The maximum absolute atomic E-state index is 12.2. The second-order valence-corrected chi connectivity index (χ2v) is 5.84. The fraction of sp³-hybridized carbons (Fsp3) is 0.667. The van der Waals surface area contributed by atoms with E-state index in [2.05, 4.69) is 10.4 Å². The van der Waals surface area contributed by atoms with Gasteiger partial charge in [0.2, 0.25) is 11.8 Å². The zero-order valence-electron chi connectivity index (χ0n) is 14.3. The van der Waals surface area contributed by atoms with Gasteiger partial charge < -0.3 is 19.7 Å². The van der Waals surface area contributed by atoms with Crippen molar-refractivity contribution in [2.75, 3.05) is 21.2 Å². The summed E-state index contributed by atoms with van der Waals surface area (Å²) in [6.07, 6.45) is -0.0221. The van der Waals surface area contributed by atoms with Crippen LogP contribution in [-0.4, -0.2) is 59.9 Å². The van der Waals surface area contributed by atoms with Crippen molar-refractivity contribution >= 4 is 11.8 Å². The highest BCUT2D eigenvalue weighted by Gasteiger charge is 2.35. The van der Waals surface area contributed by atoms with Gasteiger partial charge in [0.05, 0.1) is 24.9 Å². The molecular weight excluding hydrogens is 300 g/mol. The number of carbonyl (C=O) groups is 2. The lowest BCUT2D eigenvalue weighted by atomic mass is 10.1. The molecule has 1 aromatic heterocycles. The number of amides is 2. The zero-order valence-corrected chi connectivity index (χ0v) is 14.3. The normalized spacial score (nSPS) is 20.4. The summed E-state index contributed by atoms with van der Waals surface area (Å²) >= 11 is 0. The number of rotatable bonds is 5. The Hall–Kier alpha value is -2.09. The molecule has 0 unspecified atom stereocenters. The number of nitrogens with one attached hydrogen (secondary N) is 1. The SMILES string of the molecule is COc1c(CNC(=O)[C@@H]2CC[C@H](C(=O)N(C)C)O2)c(C)nn1C. The van der Waals surface area contributed by atoms with Crippen LogP contribution in [0.2, 0.25) is 0 Å². The number of hydrogen-bond donors (Lipinski definition) is 1. The molecule has 0 bridgehead atoms. The third kappa shape index (κ3) is 3.64. The average Bonchev–Trinajstić information content (AvgIpc) is 3.08. The van der Waals surface area contributed by atoms with Crippen LogP contribution in [0.25, 0.3) is 0 Å². The van der Waals surface area contributed by atoms with Gasteiger partial charge in [0.15, 0.2) is 0 Å². The van der Waals surface area contributed by atoms with Gasteiger partial charge in [0.25, 0.3) is 5.91 Å². The van der Waals surface area contributed by atoms with Gasteiger partial charge in [-0.2, -0.15) is 5.10 Å². The molecule has 0 aromatic carbocycles. The first-order chi connectivity index (χ1) is 10.8. The van der Waals surface area contributed by atoms with E-state index in [1.165, 1.54) is 4.90 Å². The summed E-state index contributed by atoms with van der Waals surface area (Å²) in [5, 5.41) is 7.11. The number of ether oxygens (including phenoxy) is 2. The first kappa shape index (κ1) is 17.3. The standard InChI is InChI=1S/C15H24N4O4/c1-9-10(15(22-5)19(4)17-9)8-16-13(20)11-6-7-12(23-11)14(21)18(2)3/h11-12H,6-8H2,1-5H3,(H,16,20)/t11-,12+/m0/s1. The van der Waals surface area contributed by atoms with E-state index in [4.69, 9.17) is 9.47 Å². The molecular formula is C15H24N4O4. The van der Waals surface area contributed by atoms with Gasteiger partial charge in [-0.05, 0) is 19.8 Å². The molecule has 2 atom stereocenters. The highest BCUT2D eigenvalue weighted by molar-refractivity contribution is 5.84. The fourth-order valence-electron chi connectivity index (χ4n) is 2.73. The largest absolute Gasteiger partial charge is 0.481 e. The van der Waals surface area contributed by atoms with Crippen LogP contribution in [0.5, 0.6) is 5.88 Å². The maximum atomic E-state index is 12.2. The number of aryl methyl sites for hydroxylation is 2. The van der Waals surface area contributed by atoms with E-state index in [9.17, 15) is 9.59 Å². The minimum Gasteiger partial charge on any atom is -0.481 e. The molecule has 2 heterocycles. The van der Waals surface area contributed by atoms with Crippen LogP contribution in [0.3, 0.4) is 0 Å². The van der Waals surface area contributed by atoms with Gasteiger partial charge in [0, 0.05) is 21.1 Å². The minimum atomic E-state index is -0.591. The molecule has 128 valence electrons. The van der Waals surface area contributed by atoms with Crippen molar-refractivity contribution in [1.29, 1.82) is 0 Å². The van der Waals surface area contributed by atoms with E-state index in [-0.39, 0.29) is 11.8 Å². The van der Waals surface area contributed by atoms with E-state index >= 15 is 0 Å². The molecule has 2 rings (SSSR count). The summed E-state index contributed by atoms with van der Waals surface area (Å²) in [6.45, 7) is 2.18. The minimum absolute atomic E-state index is 0.106. The molecule has 1 saturated heterocycles. The van der Waals surface area contributed by atoms with Crippen LogP contribution < -0.4 is 10.1 Å². The summed E-state index contributed by atoms with van der Waals surface area (Å²) in [7, 11) is 6.71. The quantitative estimate of drug-likeness (QED) is 0.823. The Labute approximate surface area is 135 Å². The number of likely N-dealkylation sites (N-methyl/N-ethyl adjacent to an activating group) is 1. The number of methoxy groups -OCH3 is 1. The number of hydrogen-bond acceptors (Lipinski definition) is 5. The van der Waals surface area contributed by atoms with Crippen molar-refractivity contribution in [3.05, 3.63) is 11.3 Å². The number of carbonyl (C=O) groups excluding carboxylic acids is 2. The third-order valence-corrected chi connectivity index (χ3v) is 3.95. The van der Waals surface area contributed by atoms with Gasteiger partial charge in [-0.15, -0.1) is 0 Å². The van der Waals surface area contributed by atoms with Gasteiger partial charge in [-0.1, -0.05) is 0 Å². The van der Waals surface area contributed by atoms with Crippen molar-refractivity contribution in [2.45, 2.75) is 38.5 Å². The molecule has 0 radical (unpaired) electrons. The third-order valence-electron chi connectivity index (χ3n) is 3.95. The van der Waals surface area contributed by atoms with E-state index in [1.54, 1.807) is 32.9 Å². The number of aromatic nitrogens is 2. The highest BCUT2D eigenvalue weighted by Crippen LogP contribution is 2.23. The van der Waals surface area contributed by atoms with Crippen LogP contribution in [-0.2, 0) is 27.9 Å². The Morgan fingerprint density at radius 1 is 1.39 bits per heavy atom. The fourth-order valence-corrected chi connectivity index (χ4v) is 2.73. The molecule has 1 N–H and O–H groups in total. The zero-order chi connectivity index (χ0) is 17.1. The van der Waals surface area contributed by atoms with Gasteiger partial charge in [0.1, 0.15) is 12.2 Å². The predicted octanol–water partition coefficient (Wildman–Crippen LogP) is -0.0109. The van der Waals surface area contributed by atoms with Crippen LogP contribution >= 0.6 is 0 Å².